The zero-order chi connectivity index (χ0) is 16.7. The van der Waals surface area contributed by atoms with E-state index in [0.29, 0.717) is 13.2 Å². The molecule has 0 atom stereocenters. The van der Waals surface area contributed by atoms with Crippen molar-refractivity contribution in [3.05, 3.63) is 64.3 Å². The first-order valence-corrected chi connectivity index (χ1v) is 8.33. The van der Waals surface area contributed by atoms with Crippen LogP contribution in [-0.4, -0.2) is 13.2 Å². The Hall–Kier alpha value is -2.04. The summed E-state index contributed by atoms with van der Waals surface area (Å²) in [7, 11) is 0. The van der Waals surface area contributed by atoms with E-state index in [0.717, 1.165) is 12.8 Å². The average Bonchev–Trinajstić information content (AvgIpc) is 2.72. The summed E-state index contributed by atoms with van der Waals surface area (Å²) in [6, 6.07) is 6.83. The summed E-state index contributed by atoms with van der Waals surface area (Å²) < 4.78 is 5.51. The molecular weight excluding hydrogens is 280 g/mol. The Kier molecular flexibility index (Phi) is 6.44. The van der Waals surface area contributed by atoms with Gasteiger partial charge in [-0.25, -0.2) is 0 Å². The van der Waals surface area contributed by atoms with Gasteiger partial charge in [0.25, 0.3) is 0 Å². The zero-order valence-corrected chi connectivity index (χ0v) is 14.5. The van der Waals surface area contributed by atoms with Crippen molar-refractivity contribution < 1.29 is 4.74 Å². The number of aryl methyl sites for hydroxylation is 2. The second kappa shape index (κ2) is 8.56. The minimum Gasteiger partial charge on any atom is -0.364 e. The van der Waals surface area contributed by atoms with E-state index in [9.17, 15) is 0 Å². The van der Waals surface area contributed by atoms with Crippen LogP contribution in [0.2, 0.25) is 0 Å². The highest BCUT2D eigenvalue weighted by molar-refractivity contribution is 5.80. The van der Waals surface area contributed by atoms with Gasteiger partial charge in [-0.1, -0.05) is 55.2 Å². The third-order valence-electron chi connectivity index (χ3n) is 4.13. The SMILES string of the molecule is C#CCOCC1=CC(c2cc(CCC)ccc2C)=C(C)CC=C1. The summed E-state index contributed by atoms with van der Waals surface area (Å²) in [6.45, 7) is 7.54. The smallest absolute Gasteiger partial charge is 0.107 e. The Labute approximate surface area is 140 Å². The van der Waals surface area contributed by atoms with Gasteiger partial charge in [-0.3, -0.25) is 0 Å². The van der Waals surface area contributed by atoms with E-state index in [1.165, 1.54) is 39.8 Å². The van der Waals surface area contributed by atoms with Crippen molar-refractivity contribution in [1.29, 1.82) is 0 Å². The molecule has 0 spiro atoms. The summed E-state index contributed by atoms with van der Waals surface area (Å²) >= 11 is 0. The summed E-state index contributed by atoms with van der Waals surface area (Å²) in [4.78, 5) is 0. The molecule has 0 heterocycles. The fourth-order valence-corrected chi connectivity index (χ4v) is 2.88. The summed E-state index contributed by atoms with van der Waals surface area (Å²) in [6.07, 6.45) is 15.1. The lowest BCUT2D eigenvalue weighted by molar-refractivity contribution is 0.194. The second-order valence-electron chi connectivity index (χ2n) is 6.12. The van der Waals surface area contributed by atoms with Gasteiger partial charge in [0.05, 0.1) is 6.61 Å². The van der Waals surface area contributed by atoms with Gasteiger partial charge >= 0.3 is 0 Å². The standard InChI is InChI=1S/C22H26O/c1-5-8-19-12-11-18(4)21(14-19)22-15-20(16-23-13-6-2)10-7-9-17(22)3/h2,7,10-12,14-15H,5,8-9,13,16H2,1,3-4H3. The van der Waals surface area contributed by atoms with E-state index < -0.39 is 0 Å². The Balaban J connectivity index is 2.37. The molecule has 1 aromatic carbocycles. The Morgan fingerprint density at radius 2 is 2.09 bits per heavy atom. The molecule has 1 aromatic rings. The van der Waals surface area contributed by atoms with Crippen molar-refractivity contribution in [2.45, 2.75) is 40.0 Å². The maximum absolute atomic E-state index is 5.51. The molecule has 2 rings (SSSR count). The molecule has 0 saturated carbocycles. The van der Waals surface area contributed by atoms with Gasteiger partial charge in [-0.15, -0.1) is 6.42 Å². The number of ether oxygens (including phenoxy) is 1. The van der Waals surface area contributed by atoms with Crippen molar-refractivity contribution >= 4 is 5.57 Å². The van der Waals surface area contributed by atoms with Gasteiger partial charge in [0.2, 0.25) is 0 Å². The Morgan fingerprint density at radius 3 is 2.83 bits per heavy atom. The van der Waals surface area contributed by atoms with E-state index >= 15 is 0 Å². The van der Waals surface area contributed by atoms with Crippen LogP contribution in [0.1, 0.15) is 43.4 Å². The topological polar surface area (TPSA) is 9.23 Å². The molecule has 0 amide bonds. The highest BCUT2D eigenvalue weighted by atomic mass is 16.5. The van der Waals surface area contributed by atoms with Gasteiger partial charge in [0, 0.05) is 0 Å². The number of allylic oxidation sites excluding steroid dienone is 4. The first-order valence-electron chi connectivity index (χ1n) is 8.33. The molecule has 1 aliphatic carbocycles. The third kappa shape index (κ3) is 4.71. The first kappa shape index (κ1) is 17.3. The van der Waals surface area contributed by atoms with Crippen LogP contribution in [0.5, 0.6) is 0 Å². The fraction of sp³-hybridized carbons (Fsp3) is 0.364. The predicted octanol–water partition coefficient (Wildman–Crippen LogP) is 5.26. The van der Waals surface area contributed by atoms with E-state index in [1.807, 2.05) is 0 Å². The molecule has 0 radical (unpaired) electrons. The molecule has 120 valence electrons. The van der Waals surface area contributed by atoms with Gasteiger partial charge in [-0.05, 0) is 60.6 Å². The van der Waals surface area contributed by atoms with Crippen LogP contribution in [0, 0.1) is 19.3 Å². The lowest BCUT2D eigenvalue weighted by Gasteiger charge is -2.13. The van der Waals surface area contributed by atoms with E-state index in [4.69, 9.17) is 11.2 Å². The first-order chi connectivity index (χ1) is 11.2. The predicted molar refractivity (Wildman–Crippen MR) is 99.3 cm³/mol. The minimum absolute atomic E-state index is 0.355. The van der Waals surface area contributed by atoms with Crippen LogP contribution in [0.3, 0.4) is 0 Å². The number of rotatable bonds is 6. The van der Waals surface area contributed by atoms with Crippen molar-refractivity contribution in [1.82, 2.24) is 0 Å². The minimum atomic E-state index is 0.355. The molecule has 0 unspecified atom stereocenters. The number of benzene rings is 1. The van der Waals surface area contributed by atoms with Crippen LogP contribution in [0.4, 0.5) is 0 Å². The normalized spacial score (nSPS) is 14.4. The highest BCUT2D eigenvalue weighted by Crippen LogP contribution is 2.30. The Morgan fingerprint density at radius 1 is 1.26 bits per heavy atom. The van der Waals surface area contributed by atoms with Crippen LogP contribution < -0.4 is 0 Å². The molecule has 23 heavy (non-hydrogen) atoms. The number of terminal acetylenes is 1. The molecule has 1 nitrogen and oxygen atoms in total. The maximum Gasteiger partial charge on any atom is 0.107 e. The molecule has 1 heteroatoms. The van der Waals surface area contributed by atoms with Gasteiger partial charge in [0.1, 0.15) is 6.61 Å². The molecule has 0 saturated heterocycles. The van der Waals surface area contributed by atoms with Crippen molar-refractivity contribution in [3.63, 3.8) is 0 Å². The van der Waals surface area contributed by atoms with Gasteiger partial charge in [-0.2, -0.15) is 0 Å². The van der Waals surface area contributed by atoms with Crippen molar-refractivity contribution in [3.8, 4) is 12.3 Å². The monoisotopic (exact) mass is 306 g/mol. The van der Waals surface area contributed by atoms with E-state index in [-0.39, 0.29) is 0 Å². The summed E-state index contributed by atoms with van der Waals surface area (Å²) in [5.41, 5.74) is 7.96. The quantitative estimate of drug-likeness (QED) is 0.515. The van der Waals surface area contributed by atoms with Crippen LogP contribution in [0.25, 0.3) is 5.57 Å². The lowest BCUT2D eigenvalue weighted by Crippen LogP contribution is -1.98. The summed E-state index contributed by atoms with van der Waals surface area (Å²) in [5.74, 6) is 2.52. The van der Waals surface area contributed by atoms with Crippen molar-refractivity contribution in [2.24, 2.45) is 0 Å². The fourth-order valence-electron chi connectivity index (χ4n) is 2.88. The largest absolute Gasteiger partial charge is 0.364 e. The lowest BCUT2D eigenvalue weighted by atomic mass is 9.92. The molecule has 0 fully saturated rings. The van der Waals surface area contributed by atoms with E-state index in [2.05, 4.69) is 63.1 Å². The van der Waals surface area contributed by atoms with Crippen molar-refractivity contribution in [2.75, 3.05) is 13.2 Å². The van der Waals surface area contributed by atoms with Gasteiger partial charge < -0.3 is 4.74 Å². The number of hydrogen-bond donors (Lipinski definition) is 0. The molecule has 1 aliphatic rings. The molecular formula is C22H26O. The highest BCUT2D eigenvalue weighted by Gasteiger charge is 2.11. The molecule has 0 N–H and O–H groups in total. The van der Waals surface area contributed by atoms with Gasteiger partial charge in [0.15, 0.2) is 0 Å². The van der Waals surface area contributed by atoms with Crippen LogP contribution in [0.15, 0.2) is 47.6 Å². The zero-order valence-electron chi connectivity index (χ0n) is 14.5. The second-order valence-corrected chi connectivity index (χ2v) is 6.12. The Bertz CT molecular complexity index is 680. The van der Waals surface area contributed by atoms with E-state index in [1.54, 1.807) is 0 Å². The summed E-state index contributed by atoms with van der Waals surface area (Å²) in [5, 5.41) is 0. The van der Waals surface area contributed by atoms with Crippen LogP contribution >= 0.6 is 0 Å². The average molecular weight is 306 g/mol. The number of hydrogen-bond acceptors (Lipinski definition) is 1. The molecule has 0 aromatic heterocycles. The molecule has 0 aliphatic heterocycles. The molecule has 0 bridgehead atoms. The maximum atomic E-state index is 5.51. The third-order valence-corrected chi connectivity index (χ3v) is 4.13. The van der Waals surface area contributed by atoms with Crippen LogP contribution in [-0.2, 0) is 11.2 Å².